The summed E-state index contributed by atoms with van der Waals surface area (Å²) in [5.41, 5.74) is 3.49. The van der Waals surface area contributed by atoms with Crippen LogP contribution in [-0.2, 0) is 16.0 Å². The van der Waals surface area contributed by atoms with Crippen molar-refractivity contribution in [3.05, 3.63) is 29.3 Å². The Kier molecular flexibility index (Phi) is 4.19. The molecule has 1 aromatic carbocycles. The zero-order valence-electron chi connectivity index (χ0n) is 13.0. The summed E-state index contributed by atoms with van der Waals surface area (Å²) in [7, 11) is 0. The monoisotopic (exact) mass is 301 g/mol. The van der Waals surface area contributed by atoms with Gasteiger partial charge in [-0.15, -0.1) is 0 Å². The molecule has 1 N–H and O–H groups in total. The lowest BCUT2D eigenvalue weighted by atomic mass is 9.80. The Balaban J connectivity index is 1.80. The summed E-state index contributed by atoms with van der Waals surface area (Å²) in [5, 5.41) is 9.21. The lowest BCUT2D eigenvalue weighted by Gasteiger charge is -2.35. The molecule has 1 fully saturated rings. The number of amides is 1. The Hall–Kier alpha value is -1.84. The first-order valence-corrected chi connectivity index (χ1v) is 8.20. The minimum Gasteiger partial charge on any atom is -0.481 e. The average molecular weight is 301 g/mol. The van der Waals surface area contributed by atoms with E-state index in [2.05, 4.69) is 13.0 Å². The zero-order chi connectivity index (χ0) is 15.7. The first-order valence-electron chi connectivity index (χ1n) is 8.20. The van der Waals surface area contributed by atoms with Gasteiger partial charge < -0.3 is 10.0 Å². The van der Waals surface area contributed by atoms with Gasteiger partial charge in [-0.3, -0.25) is 9.59 Å². The maximum absolute atomic E-state index is 12.9. The van der Waals surface area contributed by atoms with Gasteiger partial charge in [-0.05, 0) is 50.7 Å². The van der Waals surface area contributed by atoms with Gasteiger partial charge in [0.1, 0.15) is 0 Å². The van der Waals surface area contributed by atoms with Crippen molar-refractivity contribution in [2.75, 3.05) is 11.4 Å². The van der Waals surface area contributed by atoms with Crippen molar-refractivity contribution in [1.29, 1.82) is 0 Å². The third kappa shape index (κ3) is 2.87. The highest BCUT2D eigenvalue weighted by molar-refractivity contribution is 5.96. The molecular weight excluding hydrogens is 278 g/mol. The van der Waals surface area contributed by atoms with Gasteiger partial charge in [-0.25, -0.2) is 0 Å². The number of carboxylic acid groups (broad SMARTS) is 1. The van der Waals surface area contributed by atoms with E-state index in [0.717, 1.165) is 37.9 Å². The normalized spacial score (nSPS) is 24.7. The number of aliphatic carboxylic acids is 1. The number of benzene rings is 1. The summed E-state index contributed by atoms with van der Waals surface area (Å²) < 4.78 is 0. The number of carboxylic acids is 1. The second-order valence-corrected chi connectivity index (χ2v) is 6.62. The van der Waals surface area contributed by atoms with Crippen molar-refractivity contribution in [3.8, 4) is 0 Å². The molecule has 1 heterocycles. The Labute approximate surface area is 131 Å². The molecule has 0 saturated heterocycles. The van der Waals surface area contributed by atoms with Crippen LogP contribution in [0.3, 0.4) is 0 Å². The number of carbonyl (C=O) groups excluding carboxylic acids is 1. The van der Waals surface area contributed by atoms with Crippen molar-refractivity contribution in [3.63, 3.8) is 0 Å². The molecule has 0 radical (unpaired) electrons. The van der Waals surface area contributed by atoms with Crippen LogP contribution >= 0.6 is 0 Å². The number of aryl methyl sites for hydroxylation is 2. The van der Waals surface area contributed by atoms with E-state index in [-0.39, 0.29) is 17.7 Å². The minimum atomic E-state index is -0.757. The van der Waals surface area contributed by atoms with Crippen LogP contribution < -0.4 is 4.90 Å². The first kappa shape index (κ1) is 15.1. The number of fused-ring (bicyclic) bond motifs is 1. The highest BCUT2D eigenvalue weighted by atomic mass is 16.4. The van der Waals surface area contributed by atoms with Gasteiger partial charge in [0.15, 0.2) is 0 Å². The summed E-state index contributed by atoms with van der Waals surface area (Å²) in [6, 6.07) is 6.25. The van der Waals surface area contributed by atoms with Crippen molar-refractivity contribution in [2.45, 2.75) is 45.4 Å². The number of carbonyl (C=O) groups is 2. The summed E-state index contributed by atoms with van der Waals surface area (Å²) in [6.07, 6.45) is 4.85. The Morgan fingerprint density at radius 2 is 1.95 bits per heavy atom. The van der Waals surface area contributed by atoms with Crippen LogP contribution in [0.1, 0.15) is 43.2 Å². The predicted molar refractivity (Wildman–Crippen MR) is 84.9 cm³/mol. The van der Waals surface area contributed by atoms with Crippen LogP contribution in [0.25, 0.3) is 0 Å². The molecule has 1 aliphatic carbocycles. The molecule has 1 saturated carbocycles. The van der Waals surface area contributed by atoms with Crippen molar-refractivity contribution in [1.82, 2.24) is 0 Å². The van der Waals surface area contributed by atoms with E-state index in [0.29, 0.717) is 12.8 Å². The van der Waals surface area contributed by atoms with Gasteiger partial charge in [-0.1, -0.05) is 24.1 Å². The number of anilines is 1. The van der Waals surface area contributed by atoms with Crippen molar-refractivity contribution < 1.29 is 14.7 Å². The van der Waals surface area contributed by atoms with E-state index in [9.17, 15) is 14.7 Å². The van der Waals surface area contributed by atoms with Gasteiger partial charge in [0.2, 0.25) is 5.91 Å². The Bertz CT molecular complexity index is 596. The molecule has 22 heavy (non-hydrogen) atoms. The molecule has 0 spiro atoms. The second kappa shape index (κ2) is 6.11. The zero-order valence-corrected chi connectivity index (χ0v) is 13.0. The SMILES string of the molecule is Cc1ccc2c(c1)CCCN2C(=O)C1CCCC(C(=O)O)C1. The van der Waals surface area contributed by atoms with E-state index >= 15 is 0 Å². The van der Waals surface area contributed by atoms with Crippen molar-refractivity contribution in [2.24, 2.45) is 11.8 Å². The highest BCUT2D eigenvalue weighted by Crippen LogP contribution is 2.34. The fourth-order valence-electron chi connectivity index (χ4n) is 3.81. The lowest BCUT2D eigenvalue weighted by Crippen LogP contribution is -2.41. The maximum Gasteiger partial charge on any atom is 0.306 e. The summed E-state index contributed by atoms with van der Waals surface area (Å²) in [5.74, 6) is -1.13. The van der Waals surface area contributed by atoms with E-state index in [1.54, 1.807) is 0 Å². The highest BCUT2D eigenvalue weighted by Gasteiger charge is 2.34. The molecule has 1 amide bonds. The fourth-order valence-corrected chi connectivity index (χ4v) is 3.81. The van der Waals surface area contributed by atoms with Gasteiger partial charge >= 0.3 is 5.97 Å². The third-order valence-electron chi connectivity index (χ3n) is 4.99. The van der Waals surface area contributed by atoms with E-state index in [1.807, 2.05) is 17.0 Å². The molecule has 3 rings (SSSR count). The summed E-state index contributed by atoms with van der Waals surface area (Å²) >= 11 is 0. The van der Waals surface area contributed by atoms with Gasteiger partial charge in [-0.2, -0.15) is 0 Å². The van der Waals surface area contributed by atoms with Crippen LogP contribution in [-0.4, -0.2) is 23.5 Å². The topological polar surface area (TPSA) is 57.6 Å². The summed E-state index contributed by atoms with van der Waals surface area (Å²) in [4.78, 5) is 26.0. The molecule has 118 valence electrons. The van der Waals surface area contributed by atoms with E-state index in [4.69, 9.17) is 0 Å². The largest absolute Gasteiger partial charge is 0.481 e. The fraction of sp³-hybridized carbons (Fsp3) is 0.556. The van der Waals surface area contributed by atoms with Crippen LogP contribution in [0.15, 0.2) is 18.2 Å². The Morgan fingerprint density at radius 1 is 1.18 bits per heavy atom. The van der Waals surface area contributed by atoms with Gasteiger partial charge in [0.25, 0.3) is 0 Å². The van der Waals surface area contributed by atoms with Crippen LogP contribution in [0, 0.1) is 18.8 Å². The molecule has 1 aromatic rings. The van der Waals surface area contributed by atoms with Crippen molar-refractivity contribution >= 4 is 17.6 Å². The number of hydrogen-bond donors (Lipinski definition) is 1. The molecule has 1 aliphatic heterocycles. The molecule has 0 aromatic heterocycles. The summed E-state index contributed by atoms with van der Waals surface area (Å²) in [6.45, 7) is 2.82. The molecule has 2 aliphatic rings. The minimum absolute atomic E-state index is 0.121. The number of nitrogens with zero attached hydrogens (tertiary/aromatic N) is 1. The van der Waals surface area contributed by atoms with Gasteiger partial charge in [0.05, 0.1) is 5.92 Å². The molecule has 2 unspecified atom stereocenters. The predicted octanol–water partition coefficient (Wildman–Crippen LogP) is 3.17. The van der Waals surface area contributed by atoms with Crippen LogP contribution in [0.2, 0.25) is 0 Å². The number of hydrogen-bond acceptors (Lipinski definition) is 2. The van der Waals surface area contributed by atoms with E-state index < -0.39 is 5.97 Å². The standard InChI is InChI=1S/C18H23NO3/c1-12-7-8-16-13(10-12)6-3-9-19(16)17(20)14-4-2-5-15(11-14)18(21)22/h7-8,10,14-15H,2-6,9,11H2,1H3,(H,21,22). The molecular formula is C18H23NO3. The average Bonchev–Trinajstić information content (AvgIpc) is 2.53. The maximum atomic E-state index is 12.9. The molecule has 0 bridgehead atoms. The van der Waals surface area contributed by atoms with Gasteiger partial charge in [0, 0.05) is 18.2 Å². The Morgan fingerprint density at radius 3 is 2.73 bits per heavy atom. The third-order valence-corrected chi connectivity index (χ3v) is 4.99. The molecule has 4 nitrogen and oxygen atoms in total. The van der Waals surface area contributed by atoms with Crippen LogP contribution in [0.4, 0.5) is 5.69 Å². The molecule has 4 heteroatoms. The van der Waals surface area contributed by atoms with E-state index in [1.165, 1.54) is 11.1 Å². The van der Waals surface area contributed by atoms with Crippen LogP contribution in [0.5, 0.6) is 0 Å². The lowest BCUT2D eigenvalue weighted by molar-refractivity contribution is -0.143. The first-order chi connectivity index (χ1) is 10.6. The number of rotatable bonds is 2. The molecule has 2 atom stereocenters. The smallest absolute Gasteiger partial charge is 0.306 e. The second-order valence-electron chi connectivity index (χ2n) is 6.62. The quantitative estimate of drug-likeness (QED) is 0.913.